The molecule has 1 rings (SSSR count). The Morgan fingerprint density at radius 3 is 2.75 bits per heavy atom. The van der Waals surface area contributed by atoms with E-state index in [9.17, 15) is 4.79 Å². The second-order valence-electron chi connectivity index (χ2n) is 3.90. The van der Waals surface area contributed by atoms with Crippen LogP contribution in [0, 0.1) is 0 Å². The summed E-state index contributed by atoms with van der Waals surface area (Å²) in [6.45, 7) is 4.04. The highest BCUT2D eigenvalue weighted by Crippen LogP contribution is 2.20. The number of hydrogen-bond donors (Lipinski definition) is 1. The molecule has 0 aliphatic heterocycles. The maximum atomic E-state index is 12.1. The third-order valence-corrected chi connectivity index (χ3v) is 3.05. The zero-order valence-corrected chi connectivity index (χ0v) is 10.6. The minimum atomic E-state index is -0.0886. The Hall–Kier alpha value is -1.22. The van der Waals surface area contributed by atoms with Gasteiger partial charge in [0.25, 0.3) is 5.91 Å². The fourth-order valence-corrected chi connectivity index (χ4v) is 1.55. The summed E-state index contributed by atoms with van der Waals surface area (Å²) in [5, 5.41) is 0.523. The summed E-state index contributed by atoms with van der Waals surface area (Å²) >= 11 is 5.85. The molecule has 1 aromatic carbocycles. The summed E-state index contributed by atoms with van der Waals surface area (Å²) in [6.07, 6.45) is 0.905. The van der Waals surface area contributed by atoms with Crippen LogP contribution in [0.15, 0.2) is 18.2 Å². The van der Waals surface area contributed by atoms with Gasteiger partial charge in [0.15, 0.2) is 0 Å². The number of anilines is 1. The number of nitrogens with two attached hydrogens (primary N) is 1. The van der Waals surface area contributed by atoms with E-state index in [1.165, 1.54) is 0 Å². The van der Waals surface area contributed by atoms with Crippen molar-refractivity contribution in [3.63, 3.8) is 0 Å². The molecule has 1 unspecified atom stereocenters. The summed E-state index contributed by atoms with van der Waals surface area (Å²) in [7, 11) is 1.77. The summed E-state index contributed by atoms with van der Waals surface area (Å²) in [5.74, 6) is -0.0886. The lowest BCUT2D eigenvalue weighted by atomic mass is 10.1. The lowest BCUT2D eigenvalue weighted by molar-refractivity contribution is 0.0741. The first-order valence-electron chi connectivity index (χ1n) is 5.29. The smallest absolute Gasteiger partial charge is 0.255 e. The van der Waals surface area contributed by atoms with Gasteiger partial charge in [-0.1, -0.05) is 18.5 Å². The van der Waals surface area contributed by atoms with E-state index in [1.54, 1.807) is 30.1 Å². The lowest BCUT2D eigenvalue weighted by Gasteiger charge is -2.24. The van der Waals surface area contributed by atoms with E-state index in [4.69, 9.17) is 17.3 Å². The first kappa shape index (κ1) is 12.8. The van der Waals surface area contributed by atoms with E-state index in [-0.39, 0.29) is 11.9 Å². The Labute approximate surface area is 101 Å². The molecule has 0 fully saturated rings. The third kappa shape index (κ3) is 2.67. The second kappa shape index (κ2) is 5.21. The highest BCUT2D eigenvalue weighted by molar-refractivity contribution is 6.31. The Morgan fingerprint density at radius 2 is 2.19 bits per heavy atom. The van der Waals surface area contributed by atoms with Crippen molar-refractivity contribution in [2.45, 2.75) is 26.3 Å². The fourth-order valence-electron chi connectivity index (χ4n) is 1.38. The van der Waals surface area contributed by atoms with E-state index in [2.05, 4.69) is 0 Å². The molecule has 0 saturated carbocycles. The summed E-state index contributed by atoms with van der Waals surface area (Å²) in [5.41, 5.74) is 6.69. The fraction of sp³-hybridized carbons (Fsp3) is 0.417. The predicted octanol–water partition coefficient (Wildman–Crippen LogP) is 2.79. The van der Waals surface area contributed by atoms with Crippen molar-refractivity contribution in [2.24, 2.45) is 0 Å². The quantitative estimate of drug-likeness (QED) is 0.826. The molecular formula is C12H17ClN2O. The minimum absolute atomic E-state index is 0.0886. The van der Waals surface area contributed by atoms with Crippen LogP contribution in [0.25, 0.3) is 0 Å². The molecule has 0 aliphatic carbocycles. The van der Waals surface area contributed by atoms with E-state index < -0.39 is 0 Å². The largest absolute Gasteiger partial charge is 0.398 e. The maximum absolute atomic E-state index is 12.1. The van der Waals surface area contributed by atoms with Crippen LogP contribution < -0.4 is 5.73 Å². The number of benzene rings is 1. The van der Waals surface area contributed by atoms with Crippen LogP contribution in [-0.2, 0) is 0 Å². The molecule has 4 heteroatoms. The van der Waals surface area contributed by atoms with Gasteiger partial charge in [-0.3, -0.25) is 4.79 Å². The SMILES string of the molecule is CCC(C)N(C)C(=O)c1cc(Cl)ccc1N. The molecular weight excluding hydrogens is 224 g/mol. The first-order valence-corrected chi connectivity index (χ1v) is 5.67. The Kier molecular flexibility index (Phi) is 4.19. The molecule has 0 bridgehead atoms. The van der Waals surface area contributed by atoms with Gasteiger partial charge < -0.3 is 10.6 Å². The molecule has 0 radical (unpaired) electrons. The molecule has 0 saturated heterocycles. The van der Waals surface area contributed by atoms with Crippen LogP contribution in [0.3, 0.4) is 0 Å². The normalized spacial score (nSPS) is 12.2. The van der Waals surface area contributed by atoms with Crippen LogP contribution in [0.5, 0.6) is 0 Å². The van der Waals surface area contributed by atoms with E-state index in [0.29, 0.717) is 16.3 Å². The number of carbonyl (C=O) groups is 1. The van der Waals surface area contributed by atoms with Crippen molar-refractivity contribution >= 4 is 23.2 Å². The third-order valence-electron chi connectivity index (χ3n) is 2.82. The van der Waals surface area contributed by atoms with Gasteiger partial charge in [-0.25, -0.2) is 0 Å². The molecule has 2 N–H and O–H groups in total. The zero-order valence-electron chi connectivity index (χ0n) is 9.83. The van der Waals surface area contributed by atoms with Crippen LogP contribution in [0.4, 0.5) is 5.69 Å². The van der Waals surface area contributed by atoms with Gasteiger partial charge in [-0.15, -0.1) is 0 Å². The van der Waals surface area contributed by atoms with Gasteiger partial charge in [0, 0.05) is 23.8 Å². The molecule has 0 spiro atoms. The average molecular weight is 241 g/mol. The van der Waals surface area contributed by atoms with Crippen LogP contribution in [-0.4, -0.2) is 23.9 Å². The van der Waals surface area contributed by atoms with E-state index >= 15 is 0 Å². The van der Waals surface area contributed by atoms with Gasteiger partial charge in [0.1, 0.15) is 0 Å². The second-order valence-corrected chi connectivity index (χ2v) is 4.34. The molecule has 0 aliphatic rings. The number of amides is 1. The predicted molar refractivity (Wildman–Crippen MR) is 67.7 cm³/mol. The molecule has 16 heavy (non-hydrogen) atoms. The number of nitrogens with zero attached hydrogens (tertiary/aromatic N) is 1. The molecule has 0 aromatic heterocycles. The summed E-state index contributed by atoms with van der Waals surface area (Å²) in [4.78, 5) is 13.8. The Bertz CT molecular complexity index is 393. The topological polar surface area (TPSA) is 46.3 Å². The van der Waals surface area contributed by atoms with Crippen molar-refractivity contribution in [1.29, 1.82) is 0 Å². The van der Waals surface area contributed by atoms with Gasteiger partial charge in [0.05, 0.1) is 5.56 Å². The summed E-state index contributed by atoms with van der Waals surface area (Å²) < 4.78 is 0. The standard InChI is InChI=1S/C12H17ClN2O/c1-4-8(2)15(3)12(16)10-7-9(13)5-6-11(10)14/h5-8H,4,14H2,1-3H3. The monoisotopic (exact) mass is 240 g/mol. The lowest BCUT2D eigenvalue weighted by Crippen LogP contribution is -2.35. The van der Waals surface area contributed by atoms with Crippen molar-refractivity contribution < 1.29 is 4.79 Å². The maximum Gasteiger partial charge on any atom is 0.255 e. The van der Waals surface area contributed by atoms with Crippen LogP contribution in [0.1, 0.15) is 30.6 Å². The van der Waals surface area contributed by atoms with Crippen molar-refractivity contribution in [2.75, 3.05) is 12.8 Å². The van der Waals surface area contributed by atoms with Gasteiger partial charge in [-0.2, -0.15) is 0 Å². The molecule has 88 valence electrons. The van der Waals surface area contributed by atoms with Crippen molar-refractivity contribution in [3.8, 4) is 0 Å². The average Bonchev–Trinajstić information content (AvgIpc) is 2.29. The minimum Gasteiger partial charge on any atom is -0.398 e. The summed E-state index contributed by atoms with van der Waals surface area (Å²) in [6, 6.07) is 5.13. The zero-order chi connectivity index (χ0) is 12.3. The van der Waals surface area contributed by atoms with Gasteiger partial charge in [0.2, 0.25) is 0 Å². The van der Waals surface area contributed by atoms with E-state index in [0.717, 1.165) is 6.42 Å². The highest BCUT2D eigenvalue weighted by atomic mass is 35.5. The molecule has 0 heterocycles. The number of hydrogen-bond acceptors (Lipinski definition) is 2. The van der Waals surface area contributed by atoms with Crippen molar-refractivity contribution in [3.05, 3.63) is 28.8 Å². The number of halogens is 1. The Morgan fingerprint density at radius 1 is 1.56 bits per heavy atom. The molecule has 1 aromatic rings. The van der Waals surface area contributed by atoms with E-state index in [1.807, 2.05) is 13.8 Å². The highest BCUT2D eigenvalue weighted by Gasteiger charge is 2.18. The van der Waals surface area contributed by atoms with Crippen molar-refractivity contribution in [1.82, 2.24) is 4.90 Å². The Balaban J connectivity index is 3.00. The number of carbonyl (C=O) groups excluding carboxylic acids is 1. The molecule has 3 nitrogen and oxygen atoms in total. The van der Waals surface area contributed by atoms with Crippen LogP contribution >= 0.6 is 11.6 Å². The van der Waals surface area contributed by atoms with Gasteiger partial charge >= 0.3 is 0 Å². The van der Waals surface area contributed by atoms with Gasteiger partial charge in [-0.05, 0) is 31.5 Å². The first-order chi connectivity index (χ1) is 7.47. The molecule has 1 atom stereocenters. The number of rotatable bonds is 3. The molecule has 1 amide bonds. The van der Waals surface area contributed by atoms with Crippen LogP contribution in [0.2, 0.25) is 5.02 Å². The number of nitrogen functional groups attached to an aromatic ring is 1.